The van der Waals surface area contributed by atoms with Gasteiger partial charge in [0.2, 0.25) is 0 Å². The van der Waals surface area contributed by atoms with Crippen LogP contribution in [0.4, 0.5) is 0 Å². The lowest BCUT2D eigenvalue weighted by atomic mass is 9.99. The zero-order valence-electron chi connectivity index (χ0n) is 12.8. The summed E-state index contributed by atoms with van der Waals surface area (Å²) in [6, 6.07) is 15.6. The molecule has 0 radical (unpaired) electrons. The van der Waals surface area contributed by atoms with E-state index in [-0.39, 0.29) is 0 Å². The fraction of sp³-hybridized carbons (Fsp3) is 0.167. The van der Waals surface area contributed by atoms with Crippen molar-refractivity contribution in [3.8, 4) is 33.9 Å². The Morgan fingerprint density at radius 3 is 1.77 bits per heavy atom. The van der Waals surface area contributed by atoms with Gasteiger partial charge in [0.1, 0.15) is 23.0 Å². The monoisotopic (exact) mass is 295 g/mol. The van der Waals surface area contributed by atoms with E-state index < -0.39 is 0 Å². The molecule has 0 fully saturated rings. The Morgan fingerprint density at radius 2 is 1.27 bits per heavy atom. The number of aryl methyl sites for hydroxylation is 1. The minimum absolute atomic E-state index is 0.788. The number of hydrogen-bond donors (Lipinski definition) is 0. The van der Waals surface area contributed by atoms with E-state index in [1.54, 1.807) is 14.2 Å². The van der Waals surface area contributed by atoms with Crippen molar-refractivity contribution < 1.29 is 14.0 Å². The maximum Gasteiger partial charge on any atom is 0.142 e. The molecular weight excluding hydrogens is 278 g/mol. The molecule has 112 valence electrons. The summed E-state index contributed by atoms with van der Waals surface area (Å²) in [4.78, 5) is 0. The van der Waals surface area contributed by atoms with Crippen LogP contribution in [0.1, 0.15) is 5.76 Å². The minimum Gasteiger partial charge on any atom is -0.497 e. The number of methoxy groups -OCH3 is 2. The molecule has 0 N–H and O–H groups in total. The molecular formula is C18H17NO3. The molecule has 4 heteroatoms. The summed E-state index contributed by atoms with van der Waals surface area (Å²) in [6.45, 7) is 1.92. The van der Waals surface area contributed by atoms with Crippen LogP contribution < -0.4 is 9.47 Å². The second-order valence-electron chi connectivity index (χ2n) is 4.92. The highest BCUT2D eigenvalue weighted by atomic mass is 16.5. The summed E-state index contributed by atoms with van der Waals surface area (Å²) in [7, 11) is 3.31. The van der Waals surface area contributed by atoms with Crippen LogP contribution in [0.5, 0.6) is 11.5 Å². The van der Waals surface area contributed by atoms with Crippen molar-refractivity contribution in [3.05, 3.63) is 54.3 Å². The zero-order valence-corrected chi connectivity index (χ0v) is 12.8. The lowest BCUT2D eigenvalue weighted by Crippen LogP contribution is -1.87. The number of nitrogens with zero attached hydrogens (tertiary/aromatic N) is 1. The Labute approximate surface area is 129 Å². The normalized spacial score (nSPS) is 10.5. The third kappa shape index (κ3) is 2.55. The lowest BCUT2D eigenvalue weighted by Gasteiger charge is -2.06. The van der Waals surface area contributed by atoms with Gasteiger partial charge in [-0.1, -0.05) is 17.3 Å². The molecule has 0 bridgehead atoms. The first kappa shape index (κ1) is 14.2. The van der Waals surface area contributed by atoms with Gasteiger partial charge in [0.05, 0.1) is 19.8 Å². The van der Waals surface area contributed by atoms with Gasteiger partial charge in [-0.2, -0.15) is 0 Å². The lowest BCUT2D eigenvalue weighted by molar-refractivity contribution is 0.400. The van der Waals surface area contributed by atoms with Crippen molar-refractivity contribution in [3.63, 3.8) is 0 Å². The van der Waals surface area contributed by atoms with Gasteiger partial charge in [-0.25, -0.2) is 0 Å². The Hall–Kier alpha value is -2.75. The molecule has 3 aromatic rings. The summed E-state index contributed by atoms with van der Waals surface area (Å²) >= 11 is 0. The number of rotatable bonds is 4. The third-order valence-corrected chi connectivity index (χ3v) is 3.60. The molecule has 0 saturated carbocycles. The Balaban J connectivity index is 2.05. The molecule has 0 aliphatic heterocycles. The van der Waals surface area contributed by atoms with Crippen molar-refractivity contribution in [2.75, 3.05) is 14.2 Å². The van der Waals surface area contributed by atoms with E-state index in [0.717, 1.165) is 39.6 Å². The second-order valence-corrected chi connectivity index (χ2v) is 4.92. The fourth-order valence-corrected chi connectivity index (χ4v) is 2.42. The molecule has 0 aliphatic rings. The SMILES string of the molecule is COc1ccc(-c2noc(C)c2-c2ccc(OC)cc2)cc1. The van der Waals surface area contributed by atoms with E-state index in [1.807, 2.05) is 55.5 Å². The Bertz CT molecular complexity index is 758. The van der Waals surface area contributed by atoms with E-state index in [2.05, 4.69) is 5.16 Å². The van der Waals surface area contributed by atoms with Gasteiger partial charge >= 0.3 is 0 Å². The third-order valence-electron chi connectivity index (χ3n) is 3.60. The summed E-state index contributed by atoms with van der Waals surface area (Å²) in [6.07, 6.45) is 0. The standard InChI is InChI=1S/C18H17NO3/c1-12-17(13-4-8-15(20-2)9-5-13)18(19-22-12)14-6-10-16(21-3)11-7-14/h4-11H,1-3H3. The average Bonchev–Trinajstić information content (AvgIpc) is 2.96. The molecule has 0 atom stereocenters. The molecule has 0 saturated heterocycles. The van der Waals surface area contributed by atoms with Crippen LogP contribution in [0.2, 0.25) is 0 Å². The predicted octanol–water partition coefficient (Wildman–Crippen LogP) is 4.33. The highest BCUT2D eigenvalue weighted by Gasteiger charge is 2.16. The van der Waals surface area contributed by atoms with Crippen molar-refractivity contribution in [1.29, 1.82) is 0 Å². The first-order valence-corrected chi connectivity index (χ1v) is 6.98. The number of benzene rings is 2. The topological polar surface area (TPSA) is 44.5 Å². The van der Waals surface area contributed by atoms with Crippen molar-refractivity contribution >= 4 is 0 Å². The fourth-order valence-electron chi connectivity index (χ4n) is 2.42. The van der Waals surface area contributed by atoms with Crippen LogP contribution in [0, 0.1) is 6.92 Å². The van der Waals surface area contributed by atoms with Gasteiger partial charge in [-0.3, -0.25) is 0 Å². The van der Waals surface area contributed by atoms with Gasteiger partial charge < -0.3 is 14.0 Å². The van der Waals surface area contributed by atoms with Crippen LogP contribution in [-0.4, -0.2) is 19.4 Å². The maximum absolute atomic E-state index is 5.41. The van der Waals surface area contributed by atoms with Gasteiger partial charge in [0.25, 0.3) is 0 Å². The van der Waals surface area contributed by atoms with Crippen LogP contribution >= 0.6 is 0 Å². The molecule has 4 nitrogen and oxygen atoms in total. The zero-order chi connectivity index (χ0) is 15.5. The van der Waals surface area contributed by atoms with E-state index in [1.165, 1.54) is 0 Å². The van der Waals surface area contributed by atoms with E-state index in [0.29, 0.717) is 0 Å². The highest BCUT2D eigenvalue weighted by molar-refractivity contribution is 5.82. The van der Waals surface area contributed by atoms with Gasteiger partial charge in [0, 0.05) is 5.56 Å². The predicted molar refractivity (Wildman–Crippen MR) is 85.2 cm³/mol. The number of hydrogen-bond acceptors (Lipinski definition) is 4. The first-order chi connectivity index (χ1) is 10.7. The van der Waals surface area contributed by atoms with Crippen LogP contribution in [0.3, 0.4) is 0 Å². The van der Waals surface area contributed by atoms with E-state index in [4.69, 9.17) is 14.0 Å². The summed E-state index contributed by atoms with van der Waals surface area (Å²) in [5.41, 5.74) is 3.85. The van der Waals surface area contributed by atoms with Crippen LogP contribution in [-0.2, 0) is 0 Å². The minimum atomic E-state index is 0.788. The smallest absolute Gasteiger partial charge is 0.142 e. The van der Waals surface area contributed by atoms with E-state index in [9.17, 15) is 0 Å². The molecule has 0 spiro atoms. The van der Waals surface area contributed by atoms with Crippen LogP contribution in [0.15, 0.2) is 53.1 Å². The molecule has 1 heterocycles. The largest absolute Gasteiger partial charge is 0.497 e. The number of aromatic nitrogens is 1. The highest BCUT2D eigenvalue weighted by Crippen LogP contribution is 2.35. The summed E-state index contributed by atoms with van der Waals surface area (Å²) < 4.78 is 15.8. The van der Waals surface area contributed by atoms with Crippen molar-refractivity contribution in [2.45, 2.75) is 6.92 Å². The number of ether oxygens (including phenoxy) is 2. The van der Waals surface area contributed by atoms with Gasteiger partial charge in [0.15, 0.2) is 0 Å². The summed E-state index contributed by atoms with van der Waals surface area (Å²) in [5.74, 6) is 2.43. The Kier molecular flexibility index (Phi) is 3.83. The van der Waals surface area contributed by atoms with Gasteiger partial charge in [-0.05, 0) is 48.9 Å². The Morgan fingerprint density at radius 1 is 0.773 bits per heavy atom. The second kappa shape index (κ2) is 5.93. The quantitative estimate of drug-likeness (QED) is 0.718. The van der Waals surface area contributed by atoms with Crippen molar-refractivity contribution in [1.82, 2.24) is 5.16 Å². The van der Waals surface area contributed by atoms with Crippen molar-refractivity contribution in [2.24, 2.45) is 0 Å². The van der Waals surface area contributed by atoms with Crippen LogP contribution in [0.25, 0.3) is 22.4 Å². The molecule has 1 aromatic heterocycles. The molecule has 0 aliphatic carbocycles. The molecule has 0 amide bonds. The van der Waals surface area contributed by atoms with E-state index >= 15 is 0 Å². The molecule has 0 unspecified atom stereocenters. The summed E-state index contributed by atoms with van der Waals surface area (Å²) in [5, 5.41) is 4.21. The van der Waals surface area contributed by atoms with Gasteiger partial charge in [-0.15, -0.1) is 0 Å². The average molecular weight is 295 g/mol. The molecule has 22 heavy (non-hydrogen) atoms. The first-order valence-electron chi connectivity index (χ1n) is 6.98. The molecule has 3 rings (SSSR count). The maximum atomic E-state index is 5.41. The molecule has 2 aromatic carbocycles.